The third-order valence-electron chi connectivity index (χ3n) is 4.53. The zero-order chi connectivity index (χ0) is 22.7. The maximum absolute atomic E-state index is 13.6. The average Bonchev–Trinajstić information content (AvgIpc) is 2.97. The van der Waals surface area contributed by atoms with Crippen LogP contribution in [0.15, 0.2) is 35.3 Å². The number of nitrogens with one attached hydrogen (secondary N) is 3. The molecule has 0 aliphatic heterocycles. The maximum atomic E-state index is 13.6. The van der Waals surface area contributed by atoms with Gasteiger partial charge in [-0.25, -0.2) is 4.39 Å². The first-order chi connectivity index (χ1) is 14.6. The van der Waals surface area contributed by atoms with E-state index in [0.29, 0.717) is 22.2 Å². The van der Waals surface area contributed by atoms with Crippen LogP contribution in [0.25, 0.3) is 10.9 Å². The number of anilines is 1. The van der Waals surface area contributed by atoms with Gasteiger partial charge in [-0.05, 0) is 48.4 Å². The number of hydrogen-bond acceptors (Lipinski definition) is 2. The molecule has 0 aliphatic rings. The number of halogens is 3. The van der Waals surface area contributed by atoms with Crippen LogP contribution in [0.2, 0.25) is 10.0 Å². The monoisotopic (exact) mass is 463 g/mol. The number of nitrogens with zero attached hydrogens (tertiary/aromatic N) is 1. The van der Waals surface area contributed by atoms with E-state index in [0.717, 1.165) is 11.2 Å². The zero-order valence-corrected chi connectivity index (χ0v) is 18.3. The molecule has 0 saturated carbocycles. The Morgan fingerprint density at radius 1 is 1.19 bits per heavy atom. The highest BCUT2D eigenvalue weighted by molar-refractivity contribution is 6.39. The summed E-state index contributed by atoms with van der Waals surface area (Å²) in [5.41, 5.74) is 9.00. The van der Waals surface area contributed by atoms with Crippen molar-refractivity contribution in [1.82, 2.24) is 10.3 Å². The number of guanidine groups is 1. The van der Waals surface area contributed by atoms with Gasteiger partial charge in [0.05, 0.1) is 22.2 Å². The molecule has 0 bridgehead atoms. The summed E-state index contributed by atoms with van der Waals surface area (Å²) < 4.78 is 13.6. The first-order valence-electron chi connectivity index (χ1n) is 9.27. The van der Waals surface area contributed by atoms with Crippen LogP contribution in [0.4, 0.5) is 10.1 Å². The normalized spacial score (nSPS) is 11.6. The Morgan fingerprint density at radius 3 is 2.52 bits per heavy atom. The predicted octanol–water partition coefficient (Wildman–Crippen LogP) is 4.05. The number of hydrogen-bond donors (Lipinski definition) is 4. The van der Waals surface area contributed by atoms with Crippen LogP contribution in [0.5, 0.6) is 0 Å². The maximum Gasteiger partial charge on any atom is 0.253 e. The third-order valence-corrected chi connectivity index (χ3v) is 5.13. The largest absolute Gasteiger partial charge is 0.370 e. The van der Waals surface area contributed by atoms with Gasteiger partial charge in [-0.3, -0.25) is 9.59 Å². The molecule has 1 heterocycles. The summed E-state index contributed by atoms with van der Waals surface area (Å²) in [5.74, 6) is -1.23. The zero-order valence-electron chi connectivity index (χ0n) is 16.8. The molecule has 0 unspecified atom stereocenters. The van der Waals surface area contributed by atoms with Gasteiger partial charge in [-0.2, -0.15) is 4.99 Å². The third kappa shape index (κ3) is 5.53. The van der Waals surface area contributed by atoms with Gasteiger partial charge in [0.25, 0.3) is 5.91 Å². The molecule has 162 valence electrons. The number of carbonyl (C=O) groups is 2. The lowest BCUT2D eigenvalue weighted by atomic mass is 10.1. The number of fused-ring (bicyclic) bond motifs is 1. The van der Waals surface area contributed by atoms with Crippen molar-refractivity contribution in [2.24, 2.45) is 10.7 Å². The predicted molar refractivity (Wildman–Crippen MR) is 121 cm³/mol. The summed E-state index contributed by atoms with van der Waals surface area (Å²) in [5, 5.41) is 6.56. The Morgan fingerprint density at radius 2 is 1.87 bits per heavy atom. The van der Waals surface area contributed by atoms with Gasteiger partial charge in [0.15, 0.2) is 5.96 Å². The SMILES string of the molecule is CC(=O)Nc1c(Cl)cc(CN/C(N)=N/C(=O)Cc2c(C)[nH]c3ccc(F)cc23)cc1Cl. The number of carbonyl (C=O) groups excluding carboxylic acids is 2. The molecule has 2 aromatic carbocycles. The van der Waals surface area contributed by atoms with Crippen molar-refractivity contribution in [3.8, 4) is 0 Å². The Kier molecular flexibility index (Phi) is 6.82. The number of amides is 2. The van der Waals surface area contributed by atoms with Gasteiger partial charge in [-0.15, -0.1) is 0 Å². The van der Waals surface area contributed by atoms with Gasteiger partial charge in [0, 0.05) is 30.1 Å². The molecule has 3 aromatic rings. The molecule has 10 heteroatoms. The molecular weight excluding hydrogens is 444 g/mol. The fourth-order valence-corrected chi connectivity index (χ4v) is 3.79. The van der Waals surface area contributed by atoms with Crippen LogP contribution in [0, 0.1) is 12.7 Å². The second-order valence-electron chi connectivity index (χ2n) is 6.96. The number of aromatic amines is 1. The van der Waals surface area contributed by atoms with E-state index in [-0.39, 0.29) is 40.7 Å². The van der Waals surface area contributed by atoms with Crippen LogP contribution in [-0.2, 0) is 22.6 Å². The molecule has 0 radical (unpaired) electrons. The molecule has 0 fully saturated rings. The van der Waals surface area contributed by atoms with Crippen molar-refractivity contribution >= 4 is 57.6 Å². The minimum atomic E-state index is -0.477. The Hall–Kier alpha value is -3.10. The first kappa shape index (κ1) is 22.6. The molecule has 3 rings (SSSR count). The van der Waals surface area contributed by atoms with Crippen molar-refractivity contribution in [2.45, 2.75) is 26.8 Å². The molecular formula is C21H20Cl2FN5O2. The highest BCUT2D eigenvalue weighted by atomic mass is 35.5. The number of benzene rings is 2. The van der Waals surface area contributed by atoms with E-state index in [9.17, 15) is 14.0 Å². The molecule has 7 nitrogen and oxygen atoms in total. The molecule has 0 spiro atoms. The summed E-state index contributed by atoms with van der Waals surface area (Å²) >= 11 is 12.3. The van der Waals surface area contributed by atoms with Crippen molar-refractivity contribution in [3.05, 3.63) is 63.0 Å². The van der Waals surface area contributed by atoms with E-state index in [1.807, 2.05) is 6.92 Å². The van der Waals surface area contributed by atoms with Gasteiger partial charge in [0.2, 0.25) is 5.91 Å². The van der Waals surface area contributed by atoms with Gasteiger partial charge < -0.3 is 21.4 Å². The number of aliphatic imine (C=N–C) groups is 1. The Labute approximate surface area is 187 Å². The quantitative estimate of drug-likeness (QED) is 0.337. The summed E-state index contributed by atoms with van der Waals surface area (Å²) in [7, 11) is 0. The number of H-pyrrole nitrogens is 1. The van der Waals surface area contributed by atoms with Gasteiger partial charge >= 0.3 is 0 Å². The van der Waals surface area contributed by atoms with E-state index in [1.54, 1.807) is 18.2 Å². The molecule has 31 heavy (non-hydrogen) atoms. The Balaban J connectivity index is 1.67. The van der Waals surface area contributed by atoms with Crippen LogP contribution in [0.1, 0.15) is 23.7 Å². The summed E-state index contributed by atoms with van der Waals surface area (Å²) in [6.07, 6.45) is -0.0270. The molecule has 1 aromatic heterocycles. The number of rotatable bonds is 5. The molecule has 5 N–H and O–H groups in total. The second-order valence-corrected chi connectivity index (χ2v) is 7.77. The van der Waals surface area contributed by atoms with Gasteiger partial charge in [-0.1, -0.05) is 23.2 Å². The topological polar surface area (TPSA) is 112 Å². The van der Waals surface area contributed by atoms with E-state index in [4.69, 9.17) is 28.9 Å². The minimum Gasteiger partial charge on any atom is -0.370 e. The summed E-state index contributed by atoms with van der Waals surface area (Å²) in [6.45, 7) is 3.37. The highest BCUT2D eigenvalue weighted by Gasteiger charge is 2.14. The van der Waals surface area contributed by atoms with Gasteiger partial charge in [0.1, 0.15) is 5.82 Å². The number of aryl methyl sites for hydroxylation is 1. The minimum absolute atomic E-state index is 0.0270. The Bertz CT molecular complexity index is 1180. The van der Waals surface area contributed by atoms with E-state index in [2.05, 4.69) is 20.6 Å². The summed E-state index contributed by atoms with van der Waals surface area (Å²) in [4.78, 5) is 30.6. The standard InChI is InChI=1S/C21H20Cl2FN5O2/c1-10-14(15-7-13(24)3-4-18(15)27-10)8-19(31)29-21(25)26-9-12-5-16(22)20(17(23)6-12)28-11(2)30/h3-7,27H,8-9H2,1-2H3,(H,28,30)(H3,25,26,29,31). The van der Waals surface area contributed by atoms with E-state index < -0.39 is 5.91 Å². The molecule has 0 aliphatic carbocycles. The van der Waals surface area contributed by atoms with Crippen molar-refractivity contribution < 1.29 is 14.0 Å². The smallest absolute Gasteiger partial charge is 0.253 e. The van der Waals surface area contributed by atoms with Crippen LogP contribution < -0.4 is 16.4 Å². The van der Waals surface area contributed by atoms with Crippen molar-refractivity contribution in [1.29, 1.82) is 0 Å². The second kappa shape index (κ2) is 9.36. The lowest BCUT2D eigenvalue weighted by Gasteiger charge is -2.11. The van der Waals surface area contributed by atoms with Crippen molar-refractivity contribution in [3.63, 3.8) is 0 Å². The van der Waals surface area contributed by atoms with Crippen LogP contribution in [-0.4, -0.2) is 22.8 Å². The van der Waals surface area contributed by atoms with Crippen LogP contribution >= 0.6 is 23.2 Å². The number of aromatic nitrogens is 1. The fourth-order valence-electron chi connectivity index (χ4n) is 3.16. The summed E-state index contributed by atoms with van der Waals surface area (Å²) in [6, 6.07) is 7.59. The molecule has 0 saturated heterocycles. The fraction of sp³-hybridized carbons (Fsp3) is 0.190. The number of nitrogens with two attached hydrogens (primary N) is 1. The lowest BCUT2D eigenvalue weighted by molar-refractivity contribution is -0.117. The van der Waals surface area contributed by atoms with E-state index >= 15 is 0 Å². The highest BCUT2D eigenvalue weighted by Crippen LogP contribution is 2.31. The molecule has 0 atom stereocenters. The first-order valence-corrected chi connectivity index (χ1v) is 10.0. The average molecular weight is 464 g/mol. The van der Waals surface area contributed by atoms with Crippen molar-refractivity contribution in [2.75, 3.05) is 5.32 Å². The molecule has 2 amide bonds. The lowest BCUT2D eigenvalue weighted by Crippen LogP contribution is -2.32. The van der Waals surface area contributed by atoms with E-state index in [1.165, 1.54) is 19.1 Å². The van der Waals surface area contributed by atoms with Crippen LogP contribution in [0.3, 0.4) is 0 Å².